The lowest BCUT2D eigenvalue weighted by molar-refractivity contribution is -0.117. The SMILES string of the molecule is Cc1cccn2c(=O)c(C=C(C#N)C(=O)NCCc3ccccc3)c(Oc3ccc(Cl)cc3)nc12. The summed E-state index contributed by atoms with van der Waals surface area (Å²) in [4.78, 5) is 30.6. The molecule has 174 valence electrons. The monoisotopic (exact) mass is 484 g/mol. The lowest BCUT2D eigenvalue weighted by Crippen LogP contribution is -2.27. The molecule has 0 spiro atoms. The number of ether oxygens (including phenoxy) is 1. The standard InChI is InChI=1S/C27H21ClN4O3/c1-18-6-5-15-32-24(18)31-26(35-22-11-9-21(28)10-12-22)23(27(32)34)16-20(17-29)25(33)30-14-13-19-7-3-2-4-8-19/h2-12,15-16H,13-14H2,1H3,(H,30,33). The average Bonchev–Trinajstić information content (AvgIpc) is 2.86. The lowest BCUT2D eigenvalue weighted by atomic mass is 10.1. The molecular weight excluding hydrogens is 464 g/mol. The molecule has 8 heteroatoms. The van der Waals surface area contributed by atoms with Crippen LogP contribution in [0.2, 0.25) is 5.02 Å². The van der Waals surface area contributed by atoms with Crippen molar-refractivity contribution < 1.29 is 9.53 Å². The molecular formula is C27H21ClN4O3. The molecule has 4 rings (SSSR count). The van der Waals surface area contributed by atoms with E-state index in [9.17, 15) is 14.9 Å². The Bertz CT molecular complexity index is 1500. The summed E-state index contributed by atoms with van der Waals surface area (Å²) in [5.41, 5.74) is 1.52. The first-order valence-corrected chi connectivity index (χ1v) is 11.2. The van der Waals surface area contributed by atoms with Gasteiger partial charge in [-0.3, -0.25) is 14.0 Å². The Morgan fingerprint density at radius 3 is 2.60 bits per heavy atom. The molecule has 2 aromatic heterocycles. The molecule has 0 aliphatic heterocycles. The molecule has 0 unspecified atom stereocenters. The first-order chi connectivity index (χ1) is 17.0. The first-order valence-electron chi connectivity index (χ1n) is 10.9. The summed E-state index contributed by atoms with van der Waals surface area (Å²) in [5.74, 6) is -0.203. The molecule has 4 aromatic rings. The molecule has 1 amide bonds. The van der Waals surface area contributed by atoms with E-state index in [1.807, 2.05) is 49.4 Å². The fourth-order valence-corrected chi connectivity index (χ4v) is 3.59. The van der Waals surface area contributed by atoms with Crippen LogP contribution in [-0.4, -0.2) is 21.8 Å². The number of nitriles is 1. The molecule has 0 bridgehead atoms. The Morgan fingerprint density at radius 2 is 1.89 bits per heavy atom. The Morgan fingerprint density at radius 1 is 1.14 bits per heavy atom. The molecule has 0 aliphatic rings. The van der Waals surface area contributed by atoms with E-state index in [0.717, 1.165) is 11.1 Å². The summed E-state index contributed by atoms with van der Waals surface area (Å²) < 4.78 is 7.26. The van der Waals surface area contributed by atoms with Gasteiger partial charge < -0.3 is 10.1 Å². The van der Waals surface area contributed by atoms with Crippen LogP contribution in [0.15, 0.2) is 83.3 Å². The van der Waals surface area contributed by atoms with Crippen LogP contribution in [0.4, 0.5) is 0 Å². The molecule has 7 nitrogen and oxygen atoms in total. The number of hydrogen-bond donors (Lipinski definition) is 1. The fourth-order valence-electron chi connectivity index (χ4n) is 3.46. The third kappa shape index (κ3) is 5.57. The van der Waals surface area contributed by atoms with Crippen LogP contribution in [0.5, 0.6) is 11.6 Å². The summed E-state index contributed by atoms with van der Waals surface area (Å²) in [5, 5.41) is 12.9. The van der Waals surface area contributed by atoms with Crippen molar-refractivity contribution in [1.82, 2.24) is 14.7 Å². The molecule has 2 heterocycles. The minimum absolute atomic E-state index is 0.0159. The van der Waals surface area contributed by atoms with Crippen LogP contribution < -0.4 is 15.6 Å². The van der Waals surface area contributed by atoms with Crippen molar-refractivity contribution in [2.45, 2.75) is 13.3 Å². The van der Waals surface area contributed by atoms with Gasteiger partial charge in [0.25, 0.3) is 11.5 Å². The molecule has 0 saturated carbocycles. The zero-order valence-electron chi connectivity index (χ0n) is 18.9. The van der Waals surface area contributed by atoms with Crippen molar-refractivity contribution in [3.8, 4) is 17.7 Å². The summed E-state index contributed by atoms with van der Waals surface area (Å²) in [6.45, 7) is 2.16. The number of halogens is 1. The van der Waals surface area contributed by atoms with Crippen LogP contribution in [0.1, 0.15) is 16.7 Å². The maximum absolute atomic E-state index is 13.4. The van der Waals surface area contributed by atoms with Gasteiger partial charge in [-0.2, -0.15) is 10.2 Å². The number of carbonyl (C=O) groups excluding carboxylic acids is 1. The lowest BCUT2D eigenvalue weighted by Gasteiger charge is -2.11. The number of aromatic nitrogens is 2. The van der Waals surface area contributed by atoms with Crippen LogP contribution in [-0.2, 0) is 11.2 Å². The maximum atomic E-state index is 13.4. The van der Waals surface area contributed by atoms with Crippen LogP contribution in [0.3, 0.4) is 0 Å². The number of benzene rings is 2. The summed E-state index contributed by atoms with van der Waals surface area (Å²) in [7, 11) is 0. The third-order valence-electron chi connectivity index (χ3n) is 5.27. The molecule has 0 aliphatic carbocycles. The molecule has 0 fully saturated rings. The van der Waals surface area contributed by atoms with Gasteiger partial charge in [-0.15, -0.1) is 0 Å². The second kappa shape index (κ2) is 10.7. The number of carbonyl (C=O) groups is 1. The second-order valence-corrected chi connectivity index (χ2v) is 8.17. The first kappa shape index (κ1) is 23.7. The van der Waals surface area contributed by atoms with Gasteiger partial charge in [-0.05, 0) is 60.9 Å². The Hall–Kier alpha value is -4.41. The number of nitrogens with zero attached hydrogens (tertiary/aromatic N) is 3. The van der Waals surface area contributed by atoms with Gasteiger partial charge >= 0.3 is 0 Å². The predicted molar refractivity (Wildman–Crippen MR) is 134 cm³/mol. The zero-order chi connectivity index (χ0) is 24.8. The van der Waals surface area contributed by atoms with Gasteiger partial charge in [-0.1, -0.05) is 48.0 Å². The van der Waals surface area contributed by atoms with Gasteiger partial charge in [-0.25, -0.2) is 0 Å². The molecule has 2 aromatic carbocycles. The minimum Gasteiger partial charge on any atom is -0.438 e. The highest BCUT2D eigenvalue weighted by Gasteiger charge is 2.18. The number of amides is 1. The predicted octanol–water partition coefficient (Wildman–Crippen LogP) is 4.71. The number of rotatable bonds is 7. The van der Waals surface area contributed by atoms with E-state index in [1.165, 1.54) is 10.5 Å². The van der Waals surface area contributed by atoms with Gasteiger partial charge in [0.15, 0.2) is 0 Å². The Kier molecular flexibility index (Phi) is 7.24. The third-order valence-corrected chi connectivity index (χ3v) is 5.53. The zero-order valence-corrected chi connectivity index (χ0v) is 19.6. The topological polar surface area (TPSA) is 96.5 Å². The minimum atomic E-state index is -0.588. The van der Waals surface area contributed by atoms with E-state index in [4.69, 9.17) is 16.3 Å². The Balaban J connectivity index is 1.70. The number of nitrogens with one attached hydrogen (secondary N) is 1. The van der Waals surface area contributed by atoms with Gasteiger partial charge in [0.1, 0.15) is 28.6 Å². The van der Waals surface area contributed by atoms with Crippen LogP contribution in [0, 0.1) is 18.3 Å². The molecule has 1 N–H and O–H groups in total. The van der Waals surface area contributed by atoms with E-state index < -0.39 is 11.5 Å². The number of aryl methyl sites for hydroxylation is 1. The van der Waals surface area contributed by atoms with E-state index >= 15 is 0 Å². The normalized spacial score (nSPS) is 11.2. The van der Waals surface area contributed by atoms with Crippen molar-refractivity contribution >= 4 is 29.2 Å². The van der Waals surface area contributed by atoms with Gasteiger partial charge in [0.05, 0.1) is 0 Å². The highest BCUT2D eigenvalue weighted by Crippen LogP contribution is 2.25. The van der Waals surface area contributed by atoms with Gasteiger partial charge in [0.2, 0.25) is 5.88 Å². The van der Waals surface area contributed by atoms with E-state index in [2.05, 4.69) is 10.3 Å². The summed E-state index contributed by atoms with van der Waals surface area (Å²) in [6.07, 6.45) is 3.40. The van der Waals surface area contributed by atoms with E-state index in [0.29, 0.717) is 29.4 Å². The molecule has 35 heavy (non-hydrogen) atoms. The highest BCUT2D eigenvalue weighted by molar-refractivity contribution is 6.30. The van der Waals surface area contributed by atoms with E-state index in [-0.39, 0.29) is 17.0 Å². The largest absolute Gasteiger partial charge is 0.438 e. The maximum Gasteiger partial charge on any atom is 0.269 e. The van der Waals surface area contributed by atoms with Crippen LogP contribution in [0.25, 0.3) is 11.7 Å². The van der Waals surface area contributed by atoms with Gasteiger partial charge in [0, 0.05) is 17.8 Å². The molecule has 0 radical (unpaired) electrons. The Labute approximate surface area is 206 Å². The number of pyridine rings is 1. The average molecular weight is 485 g/mol. The van der Waals surface area contributed by atoms with Crippen molar-refractivity contribution in [1.29, 1.82) is 5.26 Å². The second-order valence-electron chi connectivity index (χ2n) is 7.74. The van der Waals surface area contributed by atoms with Crippen molar-refractivity contribution in [3.05, 3.63) is 111 Å². The molecule has 0 atom stereocenters. The van der Waals surface area contributed by atoms with Crippen molar-refractivity contribution in [2.24, 2.45) is 0 Å². The van der Waals surface area contributed by atoms with Crippen LogP contribution >= 0.6 is 11.6 Å². The molecule has 0 saturated heterocycles. The number of hydrogen-bond acceptors (Lipinski definition) is 5. The summed E-state index contributed by atoms with van der Waals surface area (Å²) >= 11 is 5.96. The number of fused-ring (bicyclic) bond motifs is 1. The summed E-state index contributed by atoms with van der Waals surface area (Å²) in [6, 6.07) is 21.7. The quantitative estimate of drug-likeness (QED) is 0.302. The van der Waals surface area contributed by atoms with Crippen molar-refractivity contribution in [2.75, 3.05) is 6.54 Å². The highest BCUT2D eigenvalue weighted by atomic mass is 35.5. The fraction of sp³-hybridized carbons (Fsp3) is 0.111. The van der Waals surface area contributed by atoms with E-state index in [1.54, 1.807) is 36.5 Å². The van der Waals surface area contributed by atoms with Crippen molar-refractivity contribution in [3.63, 3.8) is 0 Å². The smallest absolute Gasteiger partial charge is 0.269 e.